The molecule has 3 heteroatoms. The van der Waals surface area contributed by atoms with E-state index in [1.807, 2.05) is 13.8 Å². The molecule has 0 aromatic heterocycles. The van der Waals surface area contributed by atoms with Crippen LogP contribution in [0.4, 0.5) is 0 Å². The first-order valence-corrected chi connectivity index (χ1v) is 3.92. The van der Waals surface area contributed by atoms with E-state index in [1.165, 1.54) is 20.0 Å². The normalized spacial score (nSPS) is 18.1. The number of hydrogen-bond donors (Lipinski definition) is 1. The van der Waals surface area contributed by atoms with E-state index in [2.05, 4.69) is 10.1 Å². The molecule has 1 rings (SSSR count). The molecule has 0 spiro atoms. The standard InChI is InChI=1S/C8H15NO2/c1-8(2,7(10)11-3)9-6-4-5-6/h6,9H,4-5H2,1-3H3. The molecule has 0 bridgehead atoms. The van der Waals surface area contributed by atoms with Crippen LogP contribution in [0.3, 0.4) is 0 Å². The molecule has 0 aliphatic heterocycles. The number of nitrogens with one attached hydrogen (secondary N) is 1. The van der Waals surface area contributed by atoms with Gasteiger partial charge in [-0.3, -0.25) is 10.1 Å². The maximum absolute atomic E-state index is 11.1. The molecule has 1 fully saturated rings. The van der Waals surface area contributed by atoms with Crippen LogP contribution in [0.1, 0.15) is 26.7 Å². The van der Waals surface area contributed by atoms with Crippen molar-refractivity contribution in [3.05, 3.63) is 0 Å². The second-order valence-corrected chi connectivity index (χ2v) is 3.54. The summed E-state index contributed by atoms with van der Waals surface area (Å²) in [6.45, 7) is 3.69. The predicted octanol–water partition coefficient (Wildman–Crippen LogP) is 0.690. The molecule has 0 aromatic carbocycles. The Kier molecular flexibility index (Phi) is 2.18. The highest BCUT2D eigenvalue weighted by Crippen LogP contribution is 2.22. The van der Waals surface area contributed by atoms with Gasteiger partial charge >= 0.3 is 5.97 Å². The van der Waals surface area contributed by atoms with Gasteiger partial charge in [-0.2, -0.15) is 0 Å². The van der Waals surface area contributed by atoms with Crippen LogP contribution in [-0.2, 0) is 9.53 Å². The number of ether oxygens (including phenoxy) is 1. The van der Waals surface area contributed by atoms with Crippen molar-refractivity contribution in [2.24, 2.45) is 0 Å². The van der Waals surface area contributed by atoms with Crippen LogP contribution in [0.25, 0.3) is 0 Å². The predicted molar refractivity (Wildman–Crippen MR) is 42.3 cm³/mol. The molecule has 0 atom stereocenters. The first kappa shape index (κ1) is 8.53. The van der Waals surface area contributed by atoms with E-state index in [9.17, 15) is 4.79 Å². The summed E-state index contributed by atoms with van der Waals surface area (Å²) >= 11 is 0. The van der Waals surface area contributed by atoms with E-state index in [4.69, 9.17) is 0 Å². The second kappa shape index (κ2) is 2.81. The highest BCUT2D eigenvalue weighted by Gasteiger charge is 2.34. The van der Waals surface area contributed by atoms with Crippen molar-refractivity contribution in [3.63, 3.8) is 0 Å². The van der Waals surface area contributed by atoms with Crippen LogP contribution >= 0.6 is 0 Å². The molecule has 0 radical (unpaired) electrons. The summed E-state index contributed by atoms with van der Waals surface area (Å²) < 4.78 is 4.64. The lowest BCUT2D eigenvalue weighted by atomic mass is 10.1. The minimum absolute atomic E-state index is 0.190. The number of methoxy groups -OCH3 is 1. The highest BCUT2D eigenvalue weighted by atomic mass is 16.5. The van der Waals surface area contributed by atoms with Gasteiger partial charge in [0.1, 0.15) is 5.54 Å². The number of carbonyl (C=O) groups is 1. The van der Waals surface area contributed by atoms with Crippen LogP contribution < -0.4 is 5.32 Å². The summed E-state index contributed by atoms with van der Waals surface area (Å²) in [6, 6.07) is 0.532. The van der Waals surface area contributed by atoms with Crippen LogP contribution in [0.5, 0.6) is 0 Å². The van der Waals surface area contributed by atoms with Gasteiger partial charge in [0.05, 0.1) is 7.11 Å². The van der Waals surface area contributed by atoms with E-state index < -0.39 is 5.54 Å². The molecular formula is C8H15NO2. The van der Waals surface area contributed by atoms with Gasteiger partial charge in [-0.25, -0.2) is 0 Å². The zero-order valence-corrected chi connectivity index (χ0v) is 7.31. The molecule has 1 saturated carbocycles. The summed E-state index contributed by atoms with van der Waals surface area (Å²) in [7, 11) is 1.42. The Hall–Kier alpha value is -0.570. The van der Waals surface area contributed by atoms with Gasteiger partial charge in [0.15, 0.2) is 0 Å². The van der Waals surface area contributed by atoms with E-state index in [0.29, 0.717) is 6.04 Å². The summed E-state index contributed by atoms with van der Waals surface area (Å²) in [5.41, 5.74) is -0.518. The van der Waals surface area contributed by atoms with Crippen molar-refractivity contribution in [2.75, 3.05) is 7.11 Å². The van der Waals surface area contributed by atoms with Crippen LogP contribution in [-0.4, -0.2) is 24.7 Å². The number of carbonyl (C=O) groups excluding carboxylic acids is 1. The van der Waals surface area contributed by atoms with Gasteiger partial charge in [0.2, 0.25) is 0 Å². The molecule has 11 heavy (non-hydrogen) atoms. The largest absolute Gasteiger partial charge is 0.468 e. The maximum Gasteiger partial charge on any atom is 0.325 e. The van der Waals surface area contributed by atoms with Crippen molar-refractivity contribution >= 4 is 5.97 Å². The number of esters is 1. The smallest absolute Gasteiger partial charge is 0.325 e. The molecule has 64 valence electrons. The Morgan fingerprint density at radius 2 is 2.09 bits per heavy atom. The topological polar surface area (TPSA) is 38.3 Å². The molecule has 1 aliphatic carbocycles. The molecule has 3 nitrogen and oxygen atoms in total. The molecule has 1 N–H and O–H groups in total. The summed E-state index contributed by atoms with van der Waals surface area (Å²) in [5, 5.41) is 3.21. The number of rotatable bonds is 3. The van der Waals surface area contributed by atoms with Crippen molar-refractivity contribution in [2.45, 2.75) is 38.3 Å². The lowest BCUT2D eigenvalue weighted by Gasteiger charge is -2.22. The lowest BCUT2D eigenvalue weighted by Crippen LogP contribution is -2.48. The third-order valence-electron chi connectivity index (χ3n) is 1.84. The first-order chi connectivity index (χ1) is 5.06. The minimum Gasteiger partial charge on any atom is -0.468 e. The fraction of sp³-hybridized carbons (Fsp3) is 0.875. The van der Waals surface area contributed by atoms with Gasteiger partial charge in [0, 0.05) is 6.04 Å². The Labute approximate surface area is 67.1 Å². The zero-order valence-electron chi connectivity index (χ0n) is 7.31. The average Bonchev–Trinajstić information content (AvgIpc) is 2.69. The SMILES string of the molecule is COC(=O)C(C)(C)NC1CC1. The molecular weight excluding hydrogens is 142 g/mol. The third-order valence-corrected chi connectivity index (χ3v) is 1.84. The first-order valence-electron chi connectivity index (χ1n) is 3.92. The second-order valence-electron chi connectivity index (χ2n) is 3.54. The van der Waals surface area contributed by atoms with Crippen molar-refractivity contribution in [1.29, 1.82) is 0 Å². The summed E-state index contributed by atoms with van der Waals surface area (Å²) in [6.07, 6.45) is 2.36. The Balaban J connectivity index is 2.42. The van der Waals surface area contributed by atoms with E-state index >= 15 is 0 Å². The van der Waals surface area contributed by atoms with Gasteiger partial charge in [-0.1, -0.05) is 0 Å². The molecule has 1 aliphatic rings. The van der Waals surface area contributed by atoms with Crippen LogP contribution in [0.15, 0.2) is 0 Å². The van der Waals surface area contributed by atoms with Crippen molar-refractivity contribution < 1.29 is 9.53 Å². The Morgan fingerprint density at radius 3 is 2.45 bits per heavy atom. The van der Waals surface area contributed by atoms with Gasteiger partial charge < -0.3 is 4.74 Å². The van der Waals surface area contributed by atoms with E-state index in [1.54, 1.807) is 0 Å². The average molecular weight is 157 g/mol. The van der Waals surface area contributed by atoms with Gasteiger partial charge in [0.25, 0.3) is 0 Å². The maximum atomic E-state index is 11.1. The summed E-state index contributed by atoms with van der Waals surface area (Å²) in [5.74, 6) is -0.190. The van der Waals surface area contributed by atoms with Crippen molar-refractivity contribution in [3.8, 4) is 0 Å². The summed E-state index contributed by atoms with van der Waals surface area (Å²) in [4.78, 5) is 11.1. The third kappa shape index (κ3) is 2.19. The molecule has 0 saturated heterocycles. The quantitative estimate of drug-likeness (QED) is 0.612. The lowest BCUT2D eigenvalue weighted by molar-refractivity contribution is -0.147. The highest BCUT2D eigenvalue weighted by molar-refractivity contribution is 5.79. The monoisotopic (exact) mass is 157 g/mol. The molecule has 0 aromatic rings. The van der Waals surface area contributed by atoms with Crippen molar-refractivity contribution in [1.82, 2.24) is 5.32 Å². The fourth-order valence-corrected chi connectivity index (χ4v) is 1.05. The Bertz CT molecular complexity index is 161. The van der Waals surface area contributed by atoms with Gasteiger partial charge in [-0.05, 0) is 26.7 Å². The van der Waals surface area contributed by atoms with Crippen LogP contribution in [0, 0.1) is 0 Å². The fourth-order valence-electron chi connectivity index (χ4n) is 1.05. The minimum atomic E-state index is -0.518. The van der Waals surface area contributed by atoms with Crippen LogP contribution in [0.2, 0.25) is 0 Å². The van der Waals surface area contributed by atoms with E-state index in [-0.39, 0.29) is 5.97 Å². The molecule has 0 heterocycles. The zero-order chi connectivity index (χ0) is 8.48. The van der Waals surface area contributed by atoms with E-state index in [0.717, 1.165) is 0 Å². The Morgan fingerprint density at radius 1 is 1.55 bits per heavy atom. The molecule has 0 amide bonds. The number of hydrogen-bond acceptors (Lipinski definition) is 3. The van der Waals surface area contributed by atoms with Gasteiger partial charge in [-0.15, -0.1) is 0 Å². The molecule has 0 unspecified atom stereocenters.